The van der Waals surface area contributed by atoms with Crippen LogP contribution in [-0.4, -0.2) is 43.1 Å². The van der Waals surface area contributed by atoms with Crippen LogP contribution >= 0.6 is 0 Å². The second-order valence-corrected chi connectivity index (χ2v) is 10.7. The van der Waals surface area contributed by atoms with Gasteiger partial charge >= 0.3 is 12.1 Å². The minimum atomic E-state index is -0.943. The minimum absolute atomic E-state index is 0.0118. The van der Waals surface area contributed by atoms with Gasteiger partial charge in [-0.2, -0.15) is 0 Å². The van der Waals surface area contributed by atoms with Crippen LogP contribution in [0, 0.1) is 11.8 Å². The van der Waals surface area contributed by atoms with Crippen LogP contribution < -0.4 is 16.0 Å². The number of rotatable bonds is 15. The molecule has 0 aromatic heterocycles. The third kappa shape index (κ3) is 12.7. The number of amides is 3. The molecule has 3 amide bonds. The van der Waals surface area contributed by atoms with Crippen LogP contribution in [0.1, 0.15) is 58.1 Å². The molecule has 9 nitrogen and oxygen atoms in total. The van der Waals surface area contributed by atoms with E-state index in [0.717, 1.165) is 11.1 Å². The van der Waals surface area contributed by atoms with Gasteiger partial charge in [-0.25, -0.2) is 9.59 Å². The molecule has 0 fully saturated rings. The van der Waals surface area contributed by atoms with Crippen LogP contribution in [0.5, 0.6) is 0 Å². The number of hydrogen-bond donors (Lipinski definition) is 3. The highest BCUT2D eigenvalue weighted by atomic mass is 16.5. The summed E-state index contributed by atoms with van der Waals surface area (Å²) >= 11 is 0. The number of benzene rings is 2. The van der Waals surface area contributed by atoms with Gasteiger partial charge < -0.3 is 25.4 Å². The summed E-state index contributed by atoms with van der Waals surface area (Å²) in [6, 6.07) is 17.1. The molecule has 2 aromatic carbocycles. The minimum Gasteiger partial charge on any atom is -0.464 e. The summed E-state index contributed by atoms with van der Waals surface area (Å²) < 4.78 is 10.2. The Hall–Kier alpha value is -4.14. The van der Waals surface area contributed by atoms with Crippen molar-refractivity contribution in [3.05, 3.63) is 83.6 Å². The molecule has 0 saturated heterocycles. The summed E-state index contributed by atoms with van der Waals surface area (Å²) in [4.78, 5) is 51.6. The molecule has 0 aliphatic heterocycles. The van der Waals surface area contributed by atoms with E-state index in [2.05, 4.69) is 16.0 Å². The maximum Gasteiger partial charge on any atom is 0.408 e. The van der Waals surface area contributed by atoms with Crippen LogP contribution in [0.2, 0.25) is 0 Å². The lowest BCUT2D eigenvalue weighted by atomic mass is 10.00. The Bertz CT molecular complexity index is 1150. The van der Waals surface area contributed by atoms with Crippen molar-refractivity contribution in [3.63, 3.8) is 0 Å². The van der Waals surface area contributed by atoms with Crippen molar-refractivity contribution in [3.8, 4) is 0 Å². The third-order valence-corrected chi connectivity index (χ3v) is 6.16. The summed E-state index contributed by atoms with van der Waals surface area (Å²) in [5, 5.41) is 8.06. The molecule has 0 heterocycles. The molecule has 2 atom stereocenters. The summed E-state index contributed by atoms with van der Waals surface area (Å²) in [6.45, 7) is 7.77. The van der Waals surface area contributed by atoms with Crippen LogP contribution in [0.3, 0.4) is 0 Å². The number of esters is 1. The third-order valence-electron chi connectivity index (χ3n) is 6.16. The predicted octanol–water partition coefficient (Wildman–Crippen LogP) is 4.66. The average Bonchev–Trinajstić information content (AvgIpc) is 2.95. The van der Waals surface area contributed by atoms with E-state index in [4.69, 9.17) is 9.47 Å². The van der Waals surface area contributed by atoms with Gasteiger partial charge in [0.1, 0.15) is 24.4 Å². The molecule has 41 heavy (non-hydrogen) atoms. The van der Waals surface area contributed by atoms with Crippen molar-refractivity contribution < 1.29 is 28.7 Å². The molecule has 222 valence electrons. The maximum absolute atomic E-state index is 13.3. The van der Waals surface area contributed by atoms with Crippen molar-refractivity contribution >= 4 is 23.9 Å². The Kier molecular flexibility index (Phi) is 14.1. The number of hydrogen-bond acceptors (Lipinski definition) is 6. The van der Waals surface area contributed by atoms with Gasteiger partial charge in [0.2, 0.25) is 11.8 Å². The number of ether oxygens (including phenoxy) is 2. The molecular formula is C32H43N3O6. The average molecular weight is 566 g/mol. The monoisotopic (exact) mass is 565 g/mol. The second kappa shape index (κ2) is 17.5. The normalized spacial score (nSPS) is 12.8. The van der Waals surface area contributed by atoms with E-state index >= 15 is 0 Å². The topological polar surface area (TPSA) is 123 Å². The van der Waals surface area contributed by atoms with Gasteiger partial charge in [-0.1, -0.05) is 94.4 Å². The van der Waals surface area contributed by atoms with Crippen LogP contribution in [0.25, 0.3) is 0 Å². The lowest BCUT2D eigenvalue weighted by Gasteiger charge is -2.25. The van der Waals surface area contributed by atoms with Crippen molar-refractivity contribution in [2.45, 2.75) is 72.1 Å². The summed E-state index contributed by atoms with van der Waals surface area (Å²) in [7, 11) is 1.24. The van der Waals surface area contributed by atoms with Crippen molar-refractivity contribution in [1.82, 2.24) is 16.0 Å². The zero-order valence-electron chi connectivity index (χ0n) is 24.6. The van der Waals surface area contributed by atoms with E-state index < -0.39 is 36.0 Å². The number of alkyl carbamates (subject to hydrolysis) is 1. The van der Waals surface area contributed by atoms with E-state index in [1.807, 2.05) is 88.4 Å². The van der Waals surface area contributed by atoms with Crippen LogP contribution in [0.15, 0.2) is 72.4 Å². The lowest BCUT2D eigenvalue weighted by molar-refractivity contribution is -0.138. The van der Waals surface area contributed by atoms with Crippen molar-refractivity contribution in [2.24, 2.45) is 11.8 Å². The fourth-order valence-corrected chi connectivity index (χ4v) is 4.13. The molecule has 3 N–H and O–H groups in total. The molecule has 2 aromatic rings. The van der Waals surface area contributed by atoms with Gasteiger partial charge in [-0.05, 0) is 48.6 Å². The first-order valence-electron chi connectivity index (χ1n) is 14.0. The molecule has 0 saturated carbocycles. The number of methoxy groups -OCH3 is 1. The fourth-order valence-electron chi connectivity index (χ4n) is 4.13. The van der Waals surface area contributed by atoms with Crippen LogP contribution in [0.4, 0.5) is 4.79 Å². The Balaban J connectivity index is 2.09. The first kappa shape index (κ1) is 33.1. The number of nitrogens with one attached hydrogen (secondary N) is 3. The van der Waals surface area contributed by atoms with Crippen LogP contribution in [-0.2, 0) is 36.9 Å². The molecule has 0 radical (unpaired) electrons. The Morgan fingerprint density at radius 2 is 1.29 bits per heavy atom. The largest absolute Gasteiger partial charge is 0.464 e. The lowest BCUT2D eigenvalue weighted by Crippen LogP contribution is -2.54. The SMILES string of the molecule is COC(=O)/C(=C/CCc1ccccc1)NC(=O)[C@H](CC(C)C)NC(=O)[C@H](CC(C)C)NC(=O)OCc1ccccc1. The van der Waals surface area contributed by atoms with E-state index in [9.17, 15) is 19.2 Å². The number of aryl methyl sites for hydroxylation is 1. The molecule has 9 heteroatoms. The van der Waals surface area contributed by atoms with E-state index in [-0.39, 0.29) is 24.1 Å². The highest BCUT2D eigenvalue weighted by Gasteiger charge is 2.29. The first-order valence-corrected chi connectivity index (χ1v) is 14.0. The summed E-state index contributed by atoms with van der Waals surface area (Å²) in [5.41, 5.74) is 1.92. The smallest absolute Gasteiger partial charge is 0.408 e. The molecular weight excluding hydrogens is 522 g/mol. The summed E-state index contributed by atoms with van der Waals surface area (Å²) in [6.07, 6.45) is 2.73. The van der Waals surface area contributed by atoms with Gasteiger partial charge in [0.05, 0.1) is 7.11 Å². The van der Waals surface area contributed by atoms with Crippen molar-refractivity contribution in [1.29, 1.82) is 0 Å². The molecule has 0 spiro atoms. The quantitative estimate of drug-likeness (QED) is 0.213. The van der Waals surface area contributed by atoms with E-state index in [0.29, 0.717) is 25.7 Å². The highest BCUT2D eigenvalue weighted by Crippen LogP contribution is 2.11. The predicted molar refractivity (Wildman–Crippen MR) is 157 cm³/mol. The van der Waals surface area contributed by atoms with Gasteiger partial charge in [0.15, 0.2) is 0 Å². The Labute approximate surface area is 243 Å². The molecule has 2 rings (SSSR count). The number of carbonyl (C=O) groups is 4. The molecule has 0 unspecified atom stereocenters. The highest BCUT2D eigenvalue weighted by molar-refractivity contribution is 5.97. The van der Waals surface area contributed by atoms with E-state index in [1.54, 1.807) is 6.08 Å². The van der Waals surface area contributed by atoms with Gasteiger partial charge in [0.25, 0.3) is 0 Å². The molecule has 0 bridgehead atoms. The Morgan fingerprint density at radius 1 is 0.756 bits per heavy atom. The standard InChI is InChI=1S/C32H43N3O6/c1-22(2)19-27(29(36)33-26(31(38)40-5)18-12-17-24-13-8-6-9-14-24)34-30(37)28(20-23(3)4)35-32(39)41-21-25-15-10-7-11-16-25/h6-11,13-16,18,22-23,27-28H,12,17,19-21H2,1-5H3,(H,33,36)(H,34,37)(H,35,39)/b26-18-/t27-,28-/m0/s1. The van der Waals surface area contributed by atoms with Gasteiger partial charge in [-0.15, -0.1) is 0 Å². The fraction of sp³-hybridized carbons (Fsp3) is 0.438. The van der Waals surface area contributed by atoms with E-state index in [1.165, 1.54) is 7.11 Å². The maximum atomic E-state index is 13.3. The molecule has 0 aliphatic carbocycles. The summed E-state index contributed by atoms with van der Waals surface area (Å²) in [5.74, 6) is -1.60. The van der Waals surface area contributed by atoms with Gasteiger partial charge in [-0.3, -0.25) is 9.59 Å². The molecule has 0 aliphatic rings. The van der Waals surface area contributed by atoms with Gasteiger partial charge in [0, 0.05) is 0 Å². The Morgan fingerprint density at radius 3 is 1.83 bits per heavy atom. The number of carbonyl (C=O) groups excluding carboxylic acids is 4. The van der Waals surface area contributed by atoms with Crippen molar-refractivity contribution in [2.75, 3.05) is 7.11 Å². The number of allylic oxidation sites excluding steroid dienone is 1. The first-order chi connectivity index (χ1) is 19.6. The zero-order chi connectivity index (χ0) is 30.2. The second-order valence-electron chi connectivity index (χ2n) is 10.7. The zero-order valence-corrected chi connectivity index (χ0v) is 24.6.